The van der Waals surface area contributed by atoms with Gasteiger partial charge in [-0.15, -0.1) is 11.6 Å². The number of aryl methyl sites for hydroxylation is 2. The summed E-state index contributed by atoms with van der Waals surface area (Å²) in [7, 11) is 0. The van der Waals surface area contributed by atoms with Crippen LogP contribution in [0.25, 0.3) is 11.0 Å². The number of nitrogens with zero attached hydrogens (tertiary/aromatic N) is 2. The number of benzene rings is 1. The molecule has 1 saturated carbocycles. The second-order valence-electron chi connectivity index (χ2n) is 6.84. The second kappa shape index (κ2) is 5.07. The molecular formula is C17H23ClN2. The van der Waals surface area contributed by atoms with Gasteiger partial charge in [0.15, 0.2) is 0 Å². The van der Waals surface area contributed by atoms with Gasteiger partial charge in [0.2, 0.25) is 0 Å². The maximum absolute atomic E-state index is 5.98. The molecule has 1 unspecified atom stereocenters. The van der Waals surface area contributed by atoms with Crippen molar-refractivity contribution in [1.29, 1.82) is 0 Å². The Morgan fingerprint density at radius 3 is 2.85 bits per heavy atom. The van der Waals surface area contributed by atoms with Crippen molar-refractivity contribution in [2.45, 2.75) is 52.5 Å². The van der Waals surface area contributed by atoms with Crippen LogP contribution in [-0.2, 0) is 6.42 Å². The predicted molar refractivity (Wildman–Crippen MR) is 85.6 cm³/mol. The smallest absolute Gasteiger partial charge is 0.111 e. The number of imidazole rings is 1. The molecule has 20 heavy (non-hydrogen) atoms. The van der Waals surface area contributed by atoms with E-state index >= 15 is 0 Å². The van der Waals surface area contributed by atoms with Crippen molar-refractivity contribution >= 4 is 22.6 Å². The first-order chi connectivity index (χ1) is 9.52. The second-order valence-corrected chi connectivity index (χ2v) is 7.22. The molecule has 0 radical (unpaired) electrons. The van der Waals surface area contributed by atoms with Gasteiger partial charge in [-0.1, -0.05) is 26.0 Å². The van der Waals surface area contributed by atoms with Crippen LogP contribution in [0.4, 0.5) is 0 Å². The van der Waals surface area contributed by atoms with Crippen LogP contribution >= 0.6 is 11.6 Å². The molecule has 3 rings (SSSR count). The quantitative estimate of drug-likeness (QED) is 0.737. The summed E-state index contributed by atoms with van der Waals surface area (Å²) in [6, 6.07) is 6.98. The fraction of sp³-hybridized carbons (Fsp3) is 0.588. The minimum Gasteiger partial charge on any atom is -0.325 e. The normalized spacial score (nSPS) is 21.7. The van der Waals surface area contributed by atoms with Crippen LogP contribution in [0.5, 0.6) is 0 Å². The number of aromatic nitrogens is 2. The molecule has 0 saturated heterocycles. The molecule has 1 aliphatic rings. The Kier molecular flexibility index (Phi) is 3.53. The topological polar surface area (TPSA) is 17.8 Å². The van der Waals surface area contributed by atoms with Crippen LogP contribution in [0, 0.1) is 12.3 Å². The van der Waals surface area contributed by atoms with E-state index in [1.54, 1.807) is 0 Å². The third-order valence-electron chi connectivity index (χ3n) is 4.61. The maximum atomic E-state index is 5.98. The lowest BCUT2D eigenvalue weighted by Gasteiger charge is -2.20. The van der Waals surface area contributed by atoms with Crippen molar-refractivity contribution in [3.63, 3.8) is 0 Å². The third kappa shape index (κ3) is 2.35. The Labute approximate surface area is 126 Å². The summed E-state index contributed by atoms with van der Waals surface area (Å²) in [5.74, 6) is 1.80. The zero-order chi connectivity index (χ0) is 14.3. The number of fused-ring (bicyclic) bond motifs is 1. The van der Waals surface area contributed by atoms with Crippen molar-refractivity contribution < 1.29 is 0 Å². The van der Waals surface area contributed by atoms with E-state index in [-0.39, 0.29) is 0 Å². The molecule has 0 aliphatic heterocycles. The van der Waals surface area contributed by atoms with Gasteiger partial charge in [0.25, 0.3) is 0 Å². The van der Waals surface area contributed by atoms with E-state index < -0.39 is 0 Å². The summed E-state index contributed by atoms with van der Waals surface area (Å²) in [5.41, 5.74) is 4.20. The average molecular weight is 291 g/mol. The van der Waals surface area contributed by atoms with Gasteiger partial charge < -0.3 is 4.57 Å². The predicted octanol–water partition coefficient (Wildman–Crippen LogP) is 4.88. The summed E-state index contributed by atoms with van der Waals surface area (Å²) >= 11 is 5.98. The summed E-state index contributed by atoms with van der Waals surface area (Å²) in [4.78, 5) is 4.83. The Morgan fingerprint density at radius 1 is 1.40 bits per heavy atom. The summed E-state index contributed by atoms with van der Waals surface area (Å²) in [6.45, 7) is 6.94. The van der Waals surface area contributed by atoms with E-state index in [9.17, 15) is 0 Å². The number of hydrogen-bond donors (Lipinski definition) is 0. The Morgan fingerprint density at radius 2 is 2.20 bits per heavy atom. The molecule has 1 aromatic heterocycles. The van der Waals surface area contributed by atoms with E-state index in [4.69, 9.17) is 16.6 Å². The first-order valence-corrected chi connectivity index (χ1v) is 8.08. The van der Waals surface area contributed by atoms with Gasteiger partial charge in [-0.2, -0.15) is 0 Å². The molecule has 1 fully saturated rings. The molecule has 1 aliphatic carbocycles. The SMILES string of the molecule is Cc1cccc2nc(CCCl)n(C3CCC(C)(C)C3)c12. The molecule has 2 aromatic rings. The Hall–Kier alpha value is -1.02. The standard InChI is InChI=1S/C17H23ClN2/c1-12-5-4-6-14-16(12)20(15(19-14)8-10-18)13-7-9-17(2,3)11-13/h4-6,13H,7-11H2,1-3H3. The highest BCUT2D eigenvalue weighted by Crippen LogP contribution is 2.45. The molecule has 108 valence electrons. The first-order valence-electron chi connectivity index (χ1n) is 7.54. The lowest BCUT2D eigenvalue weighted by Crippen LogP contribution is -2.13. The van der Waals surface area contributed by atoms with Crippen molar-refractivity contribution in [1.82, 2.24) is 9.55 Å². The van der Waals surface area contributed by atoms with Crippen LogP contribution in [0.15, 0.2) is 18.2 Å². The molecule has 3 heteroatoms. The van der Waals surface area contributed by atoms with E-state index in [0.29, 0.717) is 17.3 Å². The number of hydrogen-bond acceptors (Lipinski definition) is 1. The molecule has 0 amide bonds. The monoisotopic (exact) mass is 290 g/mol. The highest BCUT2D eigenvalue weighted by Gasteiger charge is 2.33. The van der Waals surface area contributed by atoms with E-state index in [1.807, 2.05) is 0 Å². The average Bonchev–Trinajstić information content (AvgIpc) is 2.91. The van der Waals surface area contributed by atoms with Gasteiger partial charge in [-0.05, 0) is 43.2 Å². The number of alkyl halides is 1. The van der Waals surface area contributed by atoms with Crippen LogP contribution in [-0.4, -0.2) is 15.4 Å². The van der Waals surface area contributed by atoms with Crippen LogP contribution in [0.3, 0.4) is 0 Å². The van der Waals surface area contributed by atoms with Gasteiger partial charge in [0.05, 0.1) is 11.0 Å². The van der Waals surface area contributed by atoms with Gasteiger partial charge in [-0.3, -0.25) is 0 Å². The summed E-state index contributed by atoms with van der Waals surface area (Å²) in [5, 5.41) is 0. The van der Waals surface area contributed by atoms with Crippen LogP contribution in [0.2, 0.25) is 0 Å². The first kappa shape index (κ1) is 13.9. The van der Waals surface area contributed by atoms with Crippen LogP contribution < -0.4 is 0 Å². The van der Waals surface area contributed by atoms with Gasteiger partial charge in [0, 0.05) is 18.3 Å². The lowest BCUT2D eigenvalue weighted by molar-refractivity contribution is 0.358. The molecule has 0 N–H and O–H groups in total. The molecule has 0 bridgehead atoms. The maximum Gasteiger partial charge on any atom is 0.111 e. The largest absolute Gasteiger partial charge is 0.325 e. The highest BCUT2D eigenvalue weighted by atomic mass is 35.5. The summed E-state index contributed by atoms with van der Waals surface area (Å²) in [6.07, 6.45) is 4.64. The molecule has 2 nitrogen and oxygen atoms in total. The Balaban J connectivity index is 2.14. The molecule has 1 aromatic carbocycles. The highest BCUT2D eigenvalue weighted by molar-refractivity contribution is 6.17. The third-order valence-corrected chi connectivity index (χ3v) is 4.80. The van der Waals surface area contributed by atoms with Gasteiger partial charge in [-0.25, -0.2) is 4.98 Å². The fourth-order valence-corrected chi connectivity index (χ4v) is 3.81. The number of halogens is 1. The van der Waals surface area contributed by atoms with E-state index in [1.165, 1.54) is 30.3 Å². The Bertz CT molecular complexity index is 627. The zero-order valence-electron chi connectivity index (χ0n) is 12.6. The molecule has 1 heterocycles. The van der Waals surface area contributed by atoms with Gasteiger partial charge in [0.1, 0.15) is 5.82 Å². The minimum atomic E-state index is 0.447. The van der Waals surface area contributed by atoms with Gasteiger partial charge >= 0.3 is 0 Å². The van der Waals surface area contributed by atoms with Crippen LogP contribution in [0.1, 0.15) is 50.5 Å². The van der Waals surface area contributed by atoms with E-state index in [0.717, 1.165) is 17.8 Å². The lowest BCUT2D eigenvalue weighted by atomic mass is 9.92. The molecule has 0 spiro atoms. The minimum absolute atomic E-state index is 0.447. The summed E-state index contributed by atoms with van der Waals surface area (Å²) < 4.78 is 2.49. The number of rotatable bonds is 3. The van der Waals surface area contributed by atoms with Crippen molar-refractivity contribution in [3.8, 4) is 0 Å². The van der Waals surface area contributed by atoms with Crippen molar-refractivity contribution in [2.24, 2.45) is 5.41 Å². The van der Waals surface area contributed by atoms with E-state index in [2.05, 4.69) is 43.5 Å². The van der Waals surface area contributed by atoms with Crippen molar-refractivity contribution in [2.75, 3.05) is 5.88 Å². The van der Waals surface area contributed by atoms with Crippen molar-refractivity contribution in [3.05, 3.63) is 29.6 Å². The molecular weight excluding hydrogens is 268 g/mol. The number of para-hydroxylation sites is 1. The molecule has 1 atom stereocenters. The zero-order valence-corrected chi connectivity index (χ0v) is 13.4. The fourth-order valence-electron chi connectivity index (χ4n) is 3.64.